The van der Waals surface area contributed by atoms with E-state index in [1.54, 1.807) is 18.2 Å². The number of ether oxygens (including phenoxy) is 1. The van der Waals surface area contributed by atoms with Crippen molar-refractivity contribution < 1.29 is 23.8 Å². The summed E-state index contributed by atoms with van der Waals surface area (Å²) in [5.74, 6) is -2.24. The van der Waals surface area contributed by atoms with Crippen molar-refractivity contribution in [2.45, 2.75) is 32.5 Å². The van der Waals surface area contributed by atoms with Crippen molar-refractivity contribution in [3.05, 3.63) is 62.8 Å². The van der Waals surface area contributed by atoms with Crippen LogP contribution in [0.2, 0.25) is 5.02 Å². The highest BCUT2D eigenvalue weighted by atomic mass is 79.9. The number of amides is 1. The molecule has 0 fully saturated rings. The first-order chi connectivity index (χ1) is 13.2. The van der Waals surface area contributed by atoms with Crippen LogP contribution < -0.4 is 4.74 Å². The molecule has 0 saturated heterocycles. The summed E-state index contributed by atoms with van der Waals surface area (Å²) in [4.78, 5) is 26.5. The zero-order valence-electron chi connectivity index (χ0n) is 15.2. The molecule has 1 amide bonds. The van der Waals surface area contributed by atoms with Gasteiger partial charge in [-0.2, -0.15) is 0 Å². The summed E-state index contributed by atoms with van der Waals surface area (Å²) < 4.78 is 20.9. The number of benzene rings is 2. The normalized spacial score (nSPS) is 19.2. The summed E-state index contributed by atoms with van der Waals surface area (Å²) in [5.41, 5.74) is 0.498. The van der Waals surface area contributed by atoms with Crippen LogP contribution in [-0.2, 0) is 16.1 Å². The largest absolute Gasteiger partial charge is 0.480 e. The number of halogens is 3. The van der Waals surface area contributed by atoms with Crippen LogP contribution in [0.15, 0.2) is 40.9 Å². The molecule has 28 heavy (non-hydrogen) atoms. The first-order valence-corrected chi connectivity index (χ1v) is 9.79. The molecule has 3 rings (SSSR count). The Morgan fingerprint density at radius 1 is 1.32 bits per heavy atom. The molecule has 1 aliphatic heterocycles. The first-order valence-electron chi connectivity index (χ1n) is 8.62. The Morgan fingerprint density at radius 2 is 2.04 bits per heavy atom. The van der Waals surface area contributed by atoms with E-state index in [-0.39, 0.29) is 23.0 Å². The summed E-state index contributed by atoms with van der Waals surface area (Å²) in [6.45, 7) is 3.39. The maximum atomic E-state index is 14.4. The third-order valence-electron chi connectivity index (χ3n) is 4.55. The SMILES string of the molecule is CC(C)C1Oc2ccc(Br)cc2C(C(=O)O)N(Cc2ccc(Cl)cc2F)C1=O. The van der Waals surface area contributed by atoms with Gasteiger partial charge in [-0.25, -0.2) is 9.18 Å². The zero-order valence-corrected chi connectivity index (χ0v) is 17.5. The molecule has 1 N–H and O–H groups in total. The van der Waals surface area contributed by atoms with Crippen LogP contribution in [0.25, 0.3) is 0 Å². The van der Waals surface area contributed by atoms with Crippen LogP contribution in [0, 0.1) is 11.7 Å². The van der Waals surface area contributed by atoms with Gasteiger partial charge < -0.3 is 14.7 Å². The van der Waals surface area contributed by atoms with Crippen molar-refractivity contribution in [3.63, 3.8) is 0 Å². The molecule has 0 aliphatic carbocycles. The van der Waals surface area contributed by atoms with Gasteiger partial charge in [0, 0.05) is 27.2 Å². The third-order valence-corrected chi connectivity index (χ3v) is 5.28. The van der Waals surface area contributed by atoms with Gasteiger partial charge in [0.1, 0.15) is 11.6 Å². The Kier molecular flexibility index (Phi) is 5.95. The van der Waals surface area contributed by atoms with Gasteiger partial charge >= 0.3 is 5.97 Å². The monoisotopic (exact) mass is 469 g/mol. The number of carboxylic acids is 1. The van der Waals surface area contributed by atoms with Gasteiger partial charge in [-0.1, -0.05) is 47.4 Å². The number of hydrogen-bond donors (Lipinski definition) is 1. The molecule has 2 unspecified atom stereocenters. The Morgan fingerprint density at radius 3 is 2.64 bits per heavy atom. The lowest BCUT2D eigenvalue weighted by molar-refractivity contribution is -0.154. The molecule has 1 aliphatic rings. The van der Waals surface area contributed by atoms with Gasteiger partial charge in [0.15, 0.2) is 12.1 Å². The number of nitrogens with zero attached hydrogens (tertiary/aromatic N) is 1. The molecular formula is C20H18BrClFNO4. The average molecular weight is 471 g/mol. The number of hydrogen-bond acceptors (Lipinski definition) is 3. The predicted octanol–water partition coefficient (Wildman–Crippen LogP) is 4.81. The Bertz CT molecular complexity index is 936. The minimum absolute atomic E-state index is 0.171. The van der Waals surface area contributed by atoms with Crippen LogP contribution in [0.4, 0.5) is 4.39 Å². The number of rotatable bonds is 4. The van der Waals surface area contributed by atoms with E-state index in [1.807, 2.05) is 13.8 Å². The van der Waals surface area contributed by atoms with Crippen LogP contribution in [0.3, 0.4) is 0 Å². The summed E-state index contributed by atoms with van der Waals surface area (Å²) >= 11 is 9.13. The quantitative estimate of drug-likeness (QED) is 0.696. The fraction of sp³-hybridized carbons (Fsp3) is 0.300. The van der Waals surface area contributed by atoms with E-state index in [2.05, 4.69) is 15.9 Å². The fourth-order valence-electron chi connectivity index (χ4n) is 3.18. The van der Waals surface area contributed by atoms with Crippen LogP contribution >= 0.6 is 27.5 Å². The van der Waals surface area contributed by atoms with Crippen molar-refractivity contribution >= 4 is 39.4 Å². The Labute approximate surface area is 175 Å². The highest BCUT2D eigenvalue weighted by Gasteiger charge is 2.42. The van der Waals surface area contributed by atoms with Crippen LogP contribution in [0.5, 0.6) is 5.75 Å². The standard InChI is InChI=1S/C20H18BrClFNO4/c1-10(2)18-19(25)24(9-11-3-5-13(22)8-15(11)23)17(20(26)27)14-7-12(21)4-6-16(14)28-18/h3-8,10,17-18H,9H2,1-2H3,(H,26,27). The lowest BCUT2D eigenvalue weighted by Crippen LogP contribution is -2.45. The molecule has 0 bridgehead atoms. The Hall–Kier alpha value is -2.12. The van der Waals surface area contributed by atoms with E-state index in [0.717, 1.165) is 11.0 Å². The van der Waals surface area contributed by atoms with Crippen LogP contribution in [0.1, 0.15) is 31.0 Å². The number of aliphatic carboxylic acids is 1. The summed E-state index contributed by atoms with van der Waals surface area (Å²) in [7, 11) is 0. The van der Waals surface area contributed by atoms with Gasteiger partial charge in [0.2, 0.25) is 0 Å². The molecule has 2 atom stereocenters. The molecule has 0 saturated carbocycles. The molecule has 1 heterocycles. The number of carbonyl (C=O) groups is 2. The molecule has 2 aromatic rings. The third kappa shape index (κ3) is 4.00. The highest BCUT2D eigenvalue weighted by molar-refractivity contribution is 9.10. The van der Waals surface area contributed by atoms with E-state index in [1.165, 1.54) is 12.1 Å². The number of fused-ring (bicyclic) bond motifs is 1. The molecule has 0 spiro atoms. The minimum Gasteiger partial charge on any atom is -0.480 e. The smallest absolute Gasteiger partial charge is 0.331 e. The summed E-state index contributed by atoms with van der Waals surface area (Å²) in [6, 6.07) is 7.71. The predicted molar refractivity (Wildman–Crippen MR) is 106 cm³/mol. The van der Waals surface area contributed by atoms with Crippen molar-refractivity contribution in [1.82, 2.24) is 4.90 Å². The lowest BCUT2D eigenvalue weighted by Gasteiger charge is -2.30. The summed E-state index contributed by atoms with van der Waals surface area (Å²) in [6.07, 6.45) is -0.889. The molecular weight excluding hydrogens is 453 g/mol. The second-order valence-corrected chi connectivity index (χ2v) is 8.26. The summed E-state index contributed by atoms with van der Waals surface area (Å²) in [5, 5.41) is 10.1. The van der Waals surface area contributed by atoms with Crippen molar-refractivity contribution in [2.75, 3.05) is 0 Å². The van der Waals surface area contributed by atoms with Gasteiger partial charge in [-0.05, 0) is 36.2 Å². The van der Waals surface area contributed by atoms with E-state index < -0.39 is 29.8 Å². The first kappa shape index (κ1) is 20.6. The average Bonchev–Trinajstić information content (AvgIpc) is 2.72. The number of carboxylic acid groups (broad SMARTS) is 1. The van der Waals surface area contributed by atoms with E-state index in [0.29, 0.717) is 15.8 Å². The molecule has 0 aromatic heterocycles. The fourth-order valence-corrected chi connectivity index (χ4v) is 3.71. The molecule has 2 aromatic carbocycles. The van der Waals surface area contributed by atoms with Gasteiger partial charge in [0.25, 0.3) is 5.91 Å². The maximum absolute atomic E-state index is 14.4. The van der Waals surface area contributed by atoms with Gasteiger partial charge in [-0.3, -0.25) is 4.79 Å². The van der Waals surface area contributed by atoms with Crippen molar-refractivity contribution in [1.29, 1.82) is 0 Å². The lowest BCUT2D eigenvalue weighted by atomic mass is 10.0. The topological polar surface area (TPSA) is 66.8 Å². The molecule has 148 valence electrons. The van der Waals surface area contributed by atoms with Gasteiger partial charge in [0.05, 0.1) is 0 Å². The number of carbonyl (C=O) groups excluding carboxylic acids is 1. The molecule has 5 nitrogen and oxygen atoms in total. The highest BCUT2D eigenvalue weighted by Crippen LogP contribution is 2.38. The minimum atomic E-state index is -1.32. The van der Waals surface area contributed by atoms with E-state index in [4.69, 9.17) is 16.3 Å². The molecule has 0 radical (unpaired) electrons. The van der Waals surface area contributed by atoms with E-state index >= 15 is 0 Å². The Balaban J connectivity index is 2.14. The van der Waals surface area contributed by atoms with Crippen molar-refractivity contribution in [3.8, 4) is 5.75 Å². The molecule has 8 heteroatoms. The van der Waals surface area contributed by atoms with E-state index in [9.17, 15) is 19.1 Å². The zero-order chi connectivity index (χ0) is 20.6. The second-order valence-electron chi connectivity index (χ2n) is 6.91. The van der Waals surface area contributed by atoms with Gasteiger partial charge in [-0.15, -0.1) is 0 Å². The second kappa shape index (κ2) is 8.09. The van der Waals surface area contributed by atoms with Crippen molar-refractivity contribution in [2.24, 2.45) is 5.92 Å². The maximum Gasteiger partial charge on any atom is 0.331 e. The van der Waals surface area contributed by atoms with Crippen LogP contribution in [-0.4, -0.2) is 28.0 Å².